The van der Waals surface area contributed by atoms with Crippen molar-refractivity contribution in [1.82, 2.24) is 15.5 Å². The molecule has 0 aromatic carbocycles. The van der Waals surface area contributed by atoms with Crippen molar-refractivity contribution in [3.8, 4) is 0 Å². The Hall–Kier alpha value is -2.40. The van der Waals surface area contributed by atoms with Gasteiger partial charge < -0.3 is 15.5 Å². The second kappa shape index (κ2) is 11.4. The summed E-state index contributed by atoms with van der Waals surface area (Å²) in [5.74, 6) is 0. The van der Waals surface area contributed by atoms with Gasteiger partial charge in [0.15, 0.2) is 0 Å². The number of rotatable bonds is 8. The number of nitrogens with one attached hydrogen (secondary N) is 2. The fourth-order valence-corrected chi connectivity index (χ4v) is 3.55. The predicted molar refractivity (Wildman–Crippen MR) is 122 cm³/mol. The maximum atomic E-state index is 4.51. The molecule has 0 bridgehead atoms. The van der Waals surface area contributed by atoms with Crippen molar-refractivity contribution in [2.75, 3.05) is 32.7 Å². The normalized spacial score (nSPS) is 20.8. The molecule has 0 spiro atoms. The zero-order valence-corrected chi connectivity index (χ0v) is 17.9. The van der Waals surface area contributed by atoms with Gasteiger partial charge in [-0.3, -0.25) is 9.98 Å². The summed E-state index contributed by atoms with van der Waals surface area (Å²) in [5, 5.41) is 7.13. The maximum absolute atomic E-state index is 4.51. The third kappa shape index (κ3) is 5.80. The zero-order valence-electron chi connectivity index (χ0n) is 17.9. The second-order valence-electron chi connectivity index (χ2n) is 7.03. The lowest BCUT2D eigenvalue weighted by Gasteiger charge is -2.33. The van der Waals surface area contributed by atoms with Gasteiger partial charge in [0, 0.05) is 57.3 Å². The molecule has 5 heteroatoms. The fraction of sp³-hybridized carbons (Fsp3) is 0.478. The van der Waals surface area contributed by atoms with Gasteiger partial charge in [0.2, 0.25) is 0 Å². The van der Waals surface area contributed by atoms with E-state index in [1.54, 1.807) is 12.4 Å². The van der Waals surface area contributed by atoms with Gasteiger partial charge in [-0.25, -0.2) is 0 Å². The van der Waals surface area contributed by atoms with E-state index in [1.165, 1.54) is 28.1 Å². The molecule has 28 heavy (non-hydrogen) atoms. The molecule has 2 aliphatic rings. The molecular formula is C23H35N5. The van der Waals surface area contributed by atoms with Crippen molar-refractivity contribution in [3.63, 3.8) is 0 Å². The first-order valence-corrected chi connectivity index (χ1v) is 10.2. The van der Waals surface area contributed by atoms with Crippen LogP contribution in [0.2, 0.25) is 0 Å². The summed E-state index contributed by atoms with van der Waals surface area (Å²) >= 11 is 0. The Labute approximate surface area is 170 Å². The molecule has 1 fully saturated rings. The van der Waals surface area contributed by atoms with Gasteiger partial charge in [-0.05, 0) is 50.6 Å². The standard InChI is InChI=1S/C23H35N5/c1-6-8-23(28-15-13-25-14-16-28)21(7-2)27-17-20-9-10-22(19(4)18(20)3)26-12-11-24-5/h7-9,11-12,25,27H,5-6,10,13-17H2,1-4H3/b12-11-,21-7+,23-8+,26-22?. The van der Waals surface area contributed by atoms with Gasteiger partial charge >= 0.3 is 0 Å². The van der Waals surface area contributed by atoms with Crippen molar-refractivity contribution in [3.05, 3.63) is 58.7 Å². The third-order valence-corrected chi connectivity index (χ3v) is 5.31. The minimum atomic E-state index is 0.827. The molecule has 1 aliphatic carbocycles. The lowest BCUT2D eigenvalue weighted by Crippen LogP contribution is -2.44. The van der Waals surface area contributed by atoms with E-state index >= 15 is 0 Å². The van der Waals surface area contributed by atoms with E-state index in [-0.39, 0.29) is 0 Å². The first-order chi connectivity index (χ1) is 13.6. The van der Waals surface area contributed by atoms with E-state index in [1.807, 2.05) is 0 Å². The monoisotopic (exact) mass is 381 g/mol. The Morgan fingerprint density at radius 3 is 2.64 bits per heavy atom. The van der Waals surface area contributed by atoms with Crippen LogP contribution in [-0.4, -0.2) is 50.1 Å². The molecule has 2 N–H and O–H groups in total. The lowest BCUT2D eigenvalue weighted by molar-refractivity contribution is 0.300. The van der Waals surface area contributed by atoms with Crippen LogP contribution in [0.15, 0.2) is 68.7 Å². The summed E-state index contributed by atoms with van der Waals surface area (Å²) in [7, 11) is 0. The lowest BCUT2D eigenvalue weighted by atomic mass is 9.91. The second-order valence-corrected chi connectivity index (χ2v) is 7.03. The smallest absolute Gasteiger partial charge is 0.0558 e. The highest BCUT2D eigenvalue weighted by Gasteiger charge is 2.18. The van der Waals surface area contributed by atoms with Gasteiger partial charge in [-0.1, -0.05) is 25.2 Å². The van der Waals surface area contributed by atoms with Gasteiger partial charge in [-0.2, -0.15) is 0 Å². The summed E-state index contributed by atoms with van der Waals surface area (Å²) in [4.78, 5) is 10.7. The first-order valence-electron chi connectivity index (χ1n) is 10.2. The van der Waals surface area contributed by atoms with Gasteiger partial charge in [0.25, 0.3) is 0 Å². The van der Waals surface area contributed by atoms with Crippen molar-refractivity contribution in [1.29, 1.82) is 0 Å². The highest BCUT2D eigenvalue weighted by atomic mass is 15.2. The van der Waals surface area contributed by atoms with E-state index < -0.39 is 0 Å². The summed E-state index contributed by atoms with van der Waals surface area (Å²) in [5.41, 5.74) is 7.54. The van der Waals surface area contributed by atoms with Gasteiger partial charge in [0.1, 0.15) is 0 Å². The molecule has 152 valence electrons. The Morgan fingerprint density at radius 1 is 1.25 bits per heavy atom. The topological polar surface area (TPSA) is 52.0 Å². The van der Waals surface area contributed by atoms with Crippen LogP contribution in [0.5, 0.6) is 0 Å². The first kappa shape index (κ1) is 21.9. The minimum absolute atomic E-state index is 0.827. The Balaban J connectivity index is 2.08. The van der Waals surface area contributed by atoms with E-state index in [0.717, 1.165) is 51.3 Å². The van der Waals surface area contributed by atoms with Crippen LogP contribution in [0.4, 0.5) is 0 Å². The molecule has 0 aromatic heterocycles. The van der Waals surface area contributed by atoms with Crippen molar-refractivity contribution >= 4 is 12.4 Å². The number of aliphatic imine (C=N–C) groups is 2. The van der Waals surface area contributed by atoms with E-state index in [0.29, 0.717) is 0 Å². The molecule has 0 saturated carbocycles. The molecule has 0 radical (unpaired) electrons. The number of allylic oxidation sites excluding steroid dienone is 4. The van der Waals surface area contributed by atoms with Crippen LogP contribution in [0, 0.1) is 0 Å². The van der Waals surface area contributed by atoms with Crippen molar-refractivity contribution in [2.45, 2.75) is 40.5 Å². The number of hydrogen-bond donors (Lipinski definition) is 2. The molecule has 0 aromatic rings. The zero-order chi connectivity index (χ0) is 20.4. The highest BCUT2D eigenvalue weighted by molar-refractivity contribution is 6.03. The highest BCUT2D eigenvalue weighted by Crippen LogP contribution is 2.24. The Bertz CT molecular complexity index is 728. The van der Waals surface area contributed by atoms with Crippen LogP contribution in [-0.2, 0) is 0 Å². The molecule has 1 aliphatic heterocycles. The molecule has 0 amide bonds. The average molecular weight is 382 g/mol. The van der Waals surface area contributed by atoms with Gasteiger partial charge in [0.05, 0.1) is 11.4 Å². The SMILES string of the molecule is C=N/C=C\N=C1CC=C(CNC(=C/C)/C(=C\CC)N2CCNCC2)C(C)=C1C. The molecule has 1 saturated heterocycles. The van der Waals surface area contributed by atoms with Gasteiger partial charge in [-0.15, -0.1) is 0 Å². The largest absolute Gasteiger partial charge is 0.380 e. The van der Waals surface area contributed by atoms with Crippen LogP contribution in [0.1, 0.15) is 40.5 Å². The van der Waals surface area contributed by atoms with E-state index in [2.05, 4.69) is 78.2 Å². The third-order valence-electron chi connectivity index (χ3n) is 5.31. The van der Waals surface area contributed by atoms with Crippen molar-refractivity contribution < 1.29 is 0 Å². The van der Waals surface area contributed by atoms with Crippen LogP contribution < -0.4 is 10.6 Å². The molecule has 5 nitrogen and oxygen atoms in total. The Morgan fingerprint density at radius 2 is 2.00 bits per heavy atom. The molecule has 0 unspecified atom stereocenters. The average Bonchev–Trinajstić information content (AvgIpc) is 2.72. The molecule has 0 atom stereocenters. The summed E-state index contributed by atoms with van der Waals surface area (Å²) in [6, 6.07) is 0. The number of piperazine rings is 1. The Kier molecular flexibility index (Phi) is 8.95. The number of nitrogens with zero attached hydrogens (tertiary/aromatic N) is 3. The molecular weight excluding hydrogens is 346 g/mol. The molecule has 1 heterocycles. The maximum Gasteiger partial charge on any atom is 0.0558 e. The molecule has 2 rings (SSSR count). The van der Waals surface area contributed by atoms with Crippen LogP contribution in [0.3, 0.4) is 0 Å². The quantitative estimate of drug-likeness (QED) is 0.494. The number of hydrogen-bond acceptors (Lipinski definition) is 5. The van der Waals surface area contributed by atoms with E-state index in [4.69, 9.17) is 0 Å². The predicted octanol–water partition coefficient (Wildman–Crippen LogP) is 3.96. The summed E-state index contributed by atoms with van der Waals surface area (Å²) in [6.45, 7) is 17.1. The fourth-order valence-electron chi connectivity index (χ4n) is 3.55. The summed E-state index contributed by atoms with van der Waals surface area (Å²) < 4.78 is 0. The van der Waals surface area contributed by atoms with Crippen molar-refractivity contribution in [2.24, 2.45) is 9.98 Å². The van der Waals surface area contributed by atoms with Crippen LogP contribution in [0.25, 0.3) is 0 Å². The van der Waals surface area contributed by atoms with Crippen LogP contribution >= 0.6 is 0 Å². The minimum Gasteiger partial charge on any atom is -0.380 e. The summed E-state index contributed by atoms with van der Waals surface area (Å²) in [6.07, 6.45) is 12.0. The van der Waals surface area contributed by atoms with E-state index in [9.17, 15) is 0 Å².